The molecule has 5 nitrogen and oxygen atoms in total. The lowest BCUT2D eigenvalue weighted by molar-refractivity contribution is -0.122. The van der Waals surface area contributed by atoms with Gasteiger partial charge in [-0.05, 0) is 84.4 Å². The van der Waals surface area contributed by atoms with Crippen LogP contribution in [0.15, 0.2) is 109 Å². The Morgan fingerprint density at radius 2 is 1.44 bits per heavy atom. The maximum atomic E-state index is 13.4. The Labute approximate surface area is 214 Å². The zero-order chi connectivity index (χ0) is 25.1. The number of aryl methyl sites for hydroxylation is 1. The maximum Gasteiger partial charge on any atom is 0.270 e. The van der Waals surface area contributed by atoms with Crippen LogP contribution in [0, 0.1) is 6.92 Å². The molecule has 176 valence electrons. The number of thiocarbonyl (C=S) groups is 1. The van der Waals surface area contributed by atoms with Gasteiger partial charge in [-0.25, -0.2) is 0 Å². The van der Waals surface area contributed by atoms with E-state index < -0.39 is 11.8 Å². The lowest BCUT2D eigenvalue weighted by Gasteiger charge is -2.29. The normalized spacial score (nSPS) is 14.6. The molecule has 0 radical (unpaired) electrons. The topological polar surface area (TPSA) is 58.6 Å². The van der Waals surface area contributed by atoms with Gasteiger partial charge in [0.05, 0.1) is 5.69 Å². The van der Waals surface area contributed by atoms with Crippen LogP contribution in [0.2, 0.25) is 0 Å². The molecular weight excluding hydrogens is 468 g/mol. The van der Waals surface area contributed by atoms with Crippen LogP contribution in [0.1, 0.15) is 11.1 Å². The minimum atomic E-state index is -0.522. The van der Waals surface area contributed by atoms with Crippen molar-refractivity contribution in [3.63, 3.8) is 0 Å². The second-order valence-electron chi connectivity index (χ2n) is 8.36. The Kier molecular flexibility index (Phi) is 6.43. The summed E-state index contributed by atoms with van der Waals surface area (Å²) in [7, 11) is 0. The molecule has 1 saturated heterocycles. The second-order valence-corrected chi connectivity index (χ2v) is 8.75. The van der Waals surface area contributed by atoms with Crippen LogP contribution < -0.4 is 15.0 Å². The third-order valence-electron chi connectivity index (χ3n) is 5.72. The number of benzene rings is 4. The highest BCUT2D eigenvalue weighted by Crippen LogP contribution is 2.28. The van der Waals surface area contributed by atoms with Gasteiger partial charge in [0.1, 0.15) is 17.1 Å². The van der Waals surface area contributed by atoms with Gasteiger partial charge >= 0.3 is 0 Å². The van der Waals surface area contributed by atoms with Gasteiger partial charge in [-0.15, -0.1) is 0 Å². The highest BCUT2D eigenvalue weighted by molar-refractivity contribution is 7.80. The molecule has 0 aliphatic carbocycles. The lowest BCUT2D eigenvalue weighted by Crippen LogP contribution is -2.54. The van der Waals surface area contributed by atoms with Crippen molar-refractivity contribution < 1.29 is 14.3 Å². The largest absolute Gasteiger partial charge is 0.457 e. The molecule has 0 saturated carbocycles. The van der Waals surface area contributed by atoms with Crippen LogP contribution in [0.4, 0.5) is 5.69 Å². The highest BCUT2D eigenvalue weighted by Gasteiger charge is 2.34. The van der Waals surface area contributed by atoms with Gasteiger partial charge in [0.15, 0.2) is 5.11 Å². The fourth-order valence-corrected chi connectivity index (χ4v) is 4.26. The fraction of sp³-hybridized carbons (Fsp3) is 0.0333. The molecule has 36 heavy (non-hydrogen) atoms. The maximum absolute atomic E-state index is 13.4. The molecule has 6 heteroatoms. The fourth-order valence-electron chi connectivity index (χ4n) is 3.98. The van der Waals surface area contributed by atoms with Crippen molar-refractivity contribution in [1.29, 1.82) is 0 Å². The predicted molar refractivity (Wildman–Crippen MR) is 146 cm³/mol. The van der Waals surface area contributed by atoms with E-state index in [2.05, 4.69) is 11.4 Å². The monoisotopic (exact) mass is 490 g/mol. The van der Waals surface area contributed by atoms with E-state index in [0.29, 0.717) is 17.2 Å². The average molecular weight is 491 g/mol. The first-order valence-electron chi connectivity index (χ1n) is 11.4. The van der Waals surface area contributed by atoms with Crippen LogP contribution in [-0.4, -0.2) is 16.9 Å². The molecule has 0 spiro atoms. The summed E-state index contributed by atoms with van der Waals surface area (Å²) in [4.78, 5) is 27.4. The molecule has 1 aliphatic heterocycles. The number of amides is 2. The first-order valence-corrected chi connectivity index (χ1v) is 11.8. The quantitative estimate of drug-likeness (QED) is 0.203. The second kappa shape index (κ2) is 9.98. The highest BCUT2D eigenvalue weighted by atomic mass is 32.1. The summed E-state index contributed by atoms with van der Waals surface area (Å²) in [5.74, 6) is 0.320. The first kappa shape index (κ1) is 23.2. The van der Waals surface area contributed by atoms with Gasteiger partial charge in [-0.2, -0.15) is 0 Å². The van der Waals surface area contributed by atoms with E-state index in [1.807, 2.05) is 79.7 Å². The zero-order valence-electron chi connectivity index (χ0n) is 19.5. The standard InChI is InChI=1S/C30H22N2O3S/c1-20-7-5-9-22(17-20)23-10-6-8-21(18-23)19-27-28(33)31-30(36)32(29(27)34)24-13-15-26(16-14-24)35-25-11-3-2-4-12-25/h2-19H,1H3,(H,31,33,36). The number of ether oxygens (including phenoxy) is 1. The molecule has 0 unspecified atom stereocenters. The van der Waals surface area contributed by atoms with Crippen molar-refractivity contribution >= 4 is 40.9 Å². The van der Waals surface area contributed by atoms with E-state index in [1.165, 1.54) is 4.90 Å². The molecule has 1 N–H and O–H groups in total. The molecule has 1 fully saturated rings. The van der Waals surface area contributed by atoms with E-state index in [9.17, 15) is 9.59 Å². The number of nitrogens with one attached hydrogen (secondary N) is 1. The molecular formula is C30H22N2O3S. The molecule has 4 aromatic rings. The van der Waals surface area contributed by atoms with E-state index in [-0.39, 0.29) is 10.7 Å². The third-order valence-corrected chi connectivity index (χ3v) is 6.01. The van der Waals surface area contributed by atoms with Crippen LogP contribution in [0.25, 0.3) is 17.2 Å². The van der Waals surface area contributed by atoms with Crippen LogP contribution in [0.3, 0.4) is 0 Å². The Bertz CT molecular complexity index is 1490. The number of para-hydroxylation sites is 1. The molecule has 1 heterocycles. The van der Waals surface area contributed by atoms with Crippen LogP contribution in [-0.2, 0) is 9.59 Å². The van der Waals surface area contributed by atoms with Crippen molar-refractivity contribution in [2.75, 3.05) is 4.90 Å². The Hall–Kier alpha value is -4.55. The number of anilines is 1. The van der Waals surface area contributed by atoms with Gasteiger partial charge < -0.3 is 4.74 Å². The van der Waals surface area contributed by atoms with Gasteiger partial charge in [0, 0.05) is 0 Å². The van der Waals surface area contributed by atoms with Crippen molar-refractivity contribution in [2.45, 2.75) is 6.92 Å². The molecule has 0 aromatic heterocycles. The number of hydrogen-bond acceptors (Lipinski definition) is 4. The average Bonchev–Trinajstić information content (AvgIpc) is 2.88. The summed E-state index contributed by atoms with van der Waals surface area (Å²) >= 11 is 5.33. The van der Waals surface area contributed by atoms with Crippen molar-refractivity contribution in [1.82, 2.24) is 5.32 Å². The van der Waals surface area contributed by atoms with E-state index in [4.69, 9.17) is 17.0 Å². The summed E-state index contributed by atoms with van der Waals surface area (Å²) in [6.07, 6.45) is 1.60. The summed E-state index contributed by atoms with van der Waals surface area (Å²) in [6.45, 7) is 2.04. The number of carbonyl (C=O) groups excluding carboxylic acids is 2. The van der Waals surface area contributed by atoms with Gasteiger partial charge in [0.25, 0.3) is 11.8 Å². The number of hydrogen-bond donors (Lipinski definition) is 1. The third kappa shape index (κ3) is 4.94. The molecule has 2 amide bonds. The van der Waals surface area contributed by atoms with E-state index in [0.717, 1.165) is 22.3 Å². The summed E-state index contributed by atoms with van der Waals surface area (Å²) in [5.41, 5.74) is 4.50. The molecule has 0 bridgehead atoms. The van der Waals surface area contributed by atoms with Crippen molar-refractivity contribution in [2.24, 2.45) is 0 Å². The van der Waals surface area contributed by atoms with Crippen molar-refractivity contribution in [3.8, 4) is 22.6 Å². The first-order chi connectivity index (χ1) is 17.5. The van der Waals surface area contributed by atoms with Crippen molar-refractivity contribution in [3.05, 3.63) is 120 Å². The van der Waals surface area contributed by atoms with Gasteiger partial charge in [0.2, 0.25) is 0 Å². The predicted octanol–water partition coefficient (Wildman–Crippen LogP) is 6.29. The summed E-state index contributed by atoms with van der Waals surface area (Å²) < 4.78 is 5.83. The Morgan fingerprint density at radius 3 is 2.17 bits per heavy atom. The summed E-state index contributed by atoms with van der Waals surface area (Å²) in [5, 5.41) is 2.67. The SMILES string of the molecule is Cc1cccc(-c2cccc(C=C3C(=O)NC(=S)N(c4ccc(Oc5ccccc5)cc4)C3=O)c2)c1. The number of rotatable bonds is 5. The molecule has 5 rings (SSSR count). The van der Waals surface area contributed by atoms with Crippen LogP contribution >= 0.6 is 12.2 Å². The van der Waals surface area contributed by atoms with E-state index in [1.54, 1.807) is 30.3 Å². The molecule has 0 atom stereocenters. The lowest BCUT2D eigenvalue weighted by atomic mass is 10.00. The van der Waals surface area contributed by atoms with Crippen LogP contribution in [0.5, 0.6) is 11.5 Å². The van der Waals surface area contributed by atoms with Gasteiger partial charge in [-0.3, -0.25) is 19.8 Å². The van der Waals surface area contributed by atoms with Gasteiger partial charge in [-0.1, -0.05) is 66.2 Å². The minimum Gasteiger partial charge on any atom is -0.457 e. The number of nitrogens with zero attached hydrogens (tertiary/aromatic N) is 1. The molecule has 1 aliphatic rings. The minimum absolute atomic E-state index is 0.00889. The smallest absolute Gasteiger partial charge is 0.270 e. The Morgan fingerprint density at radius 1 is 0.778 bits per heavy atom. The zero-order valence-corrected chi connectivity index (χ0v) is 20.3. The van der Waals surface area contributed by atoms with E-state index >= 15 is 0 Å². The number of carbonyl (C=O) groups is 2. The summed E-state index contributed by atoms with van der Waals surface area (Å²) in [6, 6.07) is 32.3. The Balaban J connectivity index is 1.42. The molecule has 4 aromatic carbocycles.